The van der Waals surface area contributed by atoms with Crippen molar-refractivity contribution in [1.82, 2.24) is 4.98 Å². The van der Waals surface area contributed by atoms with Crippen molar-refractivity contribution in [1.29, 1.82) is 0 Å². The van der Waals surface area contributed by atoms with Crippen LogP contribution < -0.4 is 4.90 Å². The summed E-state index contributed by atoms with van der Waals surface area (Å²) in [6.07, 6.45) is 0. The third-order valence-corrected chi connectivity index (χ3v) is 3.48. The molecule has 0 saturated heterocycles. The van der Waals surface area contributed by atoms with Gasteiger partial charge in [0.1, 0.15) is 0 Å². The van der Waals surface area contributed by atoms with Gasteiger partial charge in [-0.25, -0.2) is 0 Å². The van der Waals surface area contributed by atoms with E-state index in [0.717, 1.165) is 22.6 Å². The molecule has 1 N–H and O–H groups in total. The van der Waals surface area contributed by atoms with Crippen molar-refractivity contribution in [2.75, 3.05) is 18.5 Å². The Bertz CT molecular complexity index is 620. The maximum atomic E-state index is 12.4. The van der Waals surface area contributed by atoms with Crippen LogP contribution in [0.4, 0.5) is 5.69 Å². The molecule has 2 aromatic rings. The van der Waals surface area contributed by atoms with Gasteiger partial charge in [0.2, 0.25) is 0 Å². The predicted molar refractivity (Wildman–Crippen MR) is 83.8 cm³/mol. The van der Waals surface area contributed by atoms with Gasteiger partial charge in [-0.05, 0) is 57.0 Å². The maximum Gasteiger partial charge on any atom is 0.183 e. The Labute approximate surface area is 120 Å². The van der Waals surface area contributed by atoms with Crippen LogP contribution >= 0.6 is 0 Å². The van der Waals surface area contributed by atoms with Gasteiger partial charge in [0, 0.05) is 29.7 Å². The highest BCUT2D eigenvalue weighted by Gasteiger charge is 2.14. The van der Waals surface area contributed by atoms with Crippen LogP contribution in [0.2, 0.25) is 0 Å². The second kappa shape index (κ2) is 5.53. The van der Waals surface area contributed by atoms with Crippen LogP contribution in [-0.4, -0.2) is 24.4 Å². The summed E-state index contributed by atoms with van der Waals surface area (Å²) >= 11 is 0. The van der Waals surface area contributed by atoms with Gasteiger partial charge in [0.25, 0.3) is 0 Å². The van der Waals surface area contributed by atoms with Gasteiger partial charge in [-0.1, -0.05) is 6.07 Å². The average molecular weight is 270 g/mol. The molecule has 3 heteroatoms. The van der Waals surface area contributed by atoms with Crippen LogP contribution in [0.5, 0.6) is 0 Å². The van der Waals surface area contributed by atoms with Crippen LogP contribution in [0, 0.1) is 27.7 Å². The van der Waals surface area contributed by atoms with E-state index in [-0.39, 0.29) is 5.78 Å². The first-order valence-electron chi connectivity index (χ1n) is 6.85. The zero-order valence-electron chi connectivity index (χ0n) is 12.9. The summed E-state index contributed by atoms with van der Waals surface area (Å²) in [6.45, 7) is 8.45. The number of carbonyl (C=O) groups excluding carboxylic acids is 1. The number of ketones is 1. The number of benzene rings is 1. The smallest absolute Gasteiger partial charge is 0.183 e. The number of aromatic amines is 1. The zero-order valence-corrected chi connectivity index (χ0v) is 12.9. The molecule has 0 spiro atoms. The second-order valence-electron chi connectivity index (χ2n) is 5.62. The summed E-state index contributed by atoms with van der Waals surface area (Å²) < 4.78 is 0. The van der Waals surface area contributed by atoms with Gasteiger partial charge in [-0.15, -0.1) is 0 Å². The summed E-state index contributed by atoms with van der Waals surface area (Å²) in [5.41, 5.74) is 6.28. The largest absolute Gasteiger partial charge is 0.367 e. The first kappa shape index (κ1) is 14.4. The van der Waals surface area contributed by atoms with Crippen LogP contribution in [-0.2, 0) is 0 Å². The quantitative estimate of drug-likeness (QED) is 0.862. The van der Waals surface area contributed by atoms with Gasteiger partial charge in [-0.3, -0.25) is 4.79 Å². The summed E-state index contributed by atoms with van der Waals surface area (Å²) in [5.74, 6) is 0.147. The molecule has 0 aliphatic rings. The Morgan fingerprint density at radius 1 is 1.05 bits per heavy atom. The summed E-state index contributed by atoms with van der Waals surface area (Å²) in [4.78, 5) is 17.6. The van der Waals surface area contributed by atoms with E-state index in [4.69, 9.17) is 0 Å². The predicted octanol–water partition coefficient (Wildman–Crippen LogP) is 3.57. The molecule has 0 atom stereocenters. The lowest BCUT2D eigenvalue weighted by Gasteiger charge is -2.19. The van der Waals surface area contributed by atoms with Crippen molar-refractivity contribution in [3.8, 4) is 0 Å². The summed E-state index contributed by atoms with van der Waals surface area (Å²) in [5, 5.41) is 0. The average Bonchev–Trinajstić information content (AvgIpc) is 2.67. The van der Waals surface area contributed by atoms with Crippen molar-refractivity contribution in [3.05, 3.63) is 52.3 Å². The molecule has 1 aromatic carbocycles. The van der Waals surface area contributed by atoms with E-state index in [1.54, 1.807) is 0 Å². The van der Waals surface area contributed by atoms with Crippen LogP contribution in [0.25, 0.3) is 0 Å². The van der Waals surface area contributed by atoms with Crippen molar-refractivity contribution < 1.29 is 4.79 Å². The second-order valence-corrected chi connectivity index (χ2v) is 5.62. The number of rotatable bonds is 4. The molecule has 0 aliphatic heterocycles. The molecule has 0 saturated carbocycles. The molecular formula is C17H22N2O. The molecule has 0 bridgehead atoms. The lowest BCUT2D eigenvalue weighted by atomic mass is 10.1. The molecule has 0 aliphatic carbocycles. The number of carbonyl (C=O) groups is 1. The van der Waals surface area contributed by atoms with E-state index in [1.165, 1.54) is 11.1 Å². The van der Waals surface area contributed by atoms with E-state index in [2.05, 4.69) is 37.0 Å². The first-order chi connectivity index (χ1) is 9.36. The van der Waals surface area contributed by atoms with Gasteiger partial charge in [0.05, 0.1) is 6.54 Å². The minimum atomic E-state index is 0.147. The third-order valence-electron chi connectivity index (χ3n) is 3.48. The van der Waals surface area contributed by atoms with E-state index >= 15 is 0 Å². The number of aromatic nitrogens is 1. The number of hydrogen-bond acceptors (Lipinski definition) is 2. The first-order valence-corrected chi connectivity index (χ1v) is 6.85. The van der Waals surface area contributed by atoms with Gasteiger partial charge < -0.3 is 9.88 Å². The molecule has 2 rings (SSSR count). The number of anilines is 1. The van der Waals surface area contributed by atoms with Crippen LogP contribution in [0.3, 0.4) is 0 Å². The highest BCUT2D eigenvalue weighted by Crippen LogP contribution is 2.18. The number of H-pyrrole nitrogens is 1. The Morgan fingerprint density at radius 2 is 1.65 bits per heavy atom. The fourth-order valence-corrected chi connectivity index (χ4v) is 2.58. The van der Waals surface area contributed by atoms with Crippen LogP contribution in [0.15, 0.2) is 24.3 Å². The number of hydrogen-bond donors (Lipinski definition) is 1. The van der Waals surface area contributed by atoms with Crippen molar-refractivity contribution in [2.24, 2.45) is 0 Å². The van der Waals surface area contributed by atoms with Crippen molar-refractivity contribution in [2.45, 2.75) is 27.7 Å². The number of likely N-dealkylation sites (N-methyl/N-ethyl adjacent to an activating group) is 1. The van der Waals surface area contributed by atoms with E-state index < -0.39 is 0 Å². The maximum absolute atomic E-state index is 12.4. The molecule has 0 radical (unpaired) electrons. The normalized spacial score (nSPS) is 10.7. The molecule has 106 valence electrons. The van der Waals surface area contributed by atoms with Gasteiger partial charge in [-0.2, -0.15) is 0 Å². The lowest BCUT2D eigenvalue weighted by Crippen LogP contribution is -2.26. The van der Waals surface area contributed by atoms with Gasteiger partial charge in [0.15, 0.2) is 5.78 Å². The summed E-state index contributed by atoms with van der Waals surface area (Å²) in [6, 6.07) is 8.27. The molecule has 3 nitrogen and oxygen atoms in total. The molecule has 0 fully saturated rings. The number of aryl methyl sites for hydroxylation is 4. The fourth-order valence-electron chi connectivity index (χ4n) is 2.58. The monoisotopic (exact) mass is 270 g/mol. The van der Waals surface area contributed by atoms with E-state index in [9.17, 15) is 4.79 Å². The topological polar surface area (TPSA) is 36.1 Å². The Kier molecular flexibility index (Phi) is 3.98. The Balaban J connectivity index is 2.17. The fraction of sp³-hybridized carbons (Fsp3) is 0.353. The molecule has 20 heavy (non-hydrogen) atoms. The molecule has 1 heterocycles. The molecule has 0 amide bonds. The number of nitrogens with one attached hydrogen (secondary N) is 1. The van der Waals surface area contributed by atoms with Crippen molar-refractivity contribution >= 4 is 11.5 Å². The summed E-state index contributed by atoms with van der Waals surface area (Å²) in [7, 11) is 1.96. The van der Waals surface area contributed by atoms with Crippen molar-refractivity contribution in [3.63, 3.8) is 0 Å². The lowest BCUT2D eigenvalue weighted by molar-refractivity contribution is 0.1000. The number of nitrogens with zero attached hydrogens (tertiary/aromatic N) is 1. The minimum absolute atomic E-state index is 0.147. The minimum Gasteiger partial charge on any atom is -0.367 e. The third kappa shape index (κ3) is 3.10. The molecular weight excluding hydrogens is 248 g/mol. The molecule has 1 aromatic heterocycles. The van der Waals surface area contributed by atoms with Crippen LogP contribution in [0.1, 0.15) is 32.9 Å². The van der Waals surface area contributed by atoms with E-state index in [0.29, 0.717) is 6.54 Å². The van der Waals surface area contributed by atoms with Gasteiger partial charge >= 0.3 is 0 Å². The van der Waals surface area contributed by atoms with E-state index in [1.807, 2.05) is 31.9 Å². The number of Topliss-reactive ketones (excluding diaryl/α,β-unsaturated/α-hetero) is 1. The molecule has 0 unspecified atom stereocenters. The SMILES string of the molecule is Cc1cc(C)cc(N(C)CC(=O)c2cc(C)[nH]c2C)c1. The highest BCUT2D eigenvalue weighted by molar-refractivity contribution is 6.00. The Hall–Kier alpha value is -2.03. The highest BCUT2D eigenvalue weighted by atomic mass is 16.1. The Morgan fingerprint density at radius 3 is 2.15 bits per heavy atom. The standard InChI is InChI=1S/C17H22N2O/c1-11-6-12(2)8-15(7-11)19(5)10-17(20)16-9-13(3)18-14(16)4/h6-9,18H,10H2,1-5H3. The zero-order chi connectivity index (χ0) is 14.9.